The zero-order valence-electron chi connectivity index (χ0n) is 19.7. The summed E-state index contributed by atoms with van der Waals surface area (Å²) in [4.78, 5) is 10.5. The SMILES string of the molecule is COC(=O)c1ccccc1N.CS(=O)(=O)c1ccc(O)c(N)c1.Nc1cc(S(=O)(=O)O)c(N)c(N)c1N. The summed E-state index contributed by atoms with van der Waals surface area (Å²) in [6.07, 6.45) is 1.08. The van der Waals surface area contributed by atoms with Crippen LogP contribution in [-0.2, 0) is 24.7 Å². The molecule has 0 spiro atoms. The summed E-state index contributed by atoms with van der Waals surface area (Å²) in [6.45, 7) is 0. The van der Waals surface area contributed by atoms with Crippen molar-refractivity contribution >= 4 is 60.0 Å². The highest BCUT2D eigenvalue weighted by atomic mass is 32.2. The predicted molar refractivity (Wildman–Crippen MR) is 142 cm³/mol. The van der Waals surface area contributed by atoms with E-state index in [1.807, 2.05) is 0 Å². The van der Waals surface area contributed by atoms with Crippen molar-refractivity contribution in [3.05, 3.63) is 54.1 Å². The Morgan fingerprint density at radius 3 is 1.81 bits per heavy atom. The summed E-state index contributed by atoms with van der Waals surface area (Å²) >= 11 is 0. The van der Waals surface area contributed by atoms with E-state index in [1.165, 1.54) is 25.3 Å². The van der Waals surface area contributed by atoms with Gasteiger partial charge >= 0.3 is 5.97 Å². The molecule has 3 aromatic rings. The molecule has 202 valence electrons. The summed E-state index contributed by atoms with van der Waals surface area (Å²) in [5.74, 6) is -0.509. The minimum atomic E-state index is -4.44. The number of para-hydroxylation sites is 1. The molecule has 0 aromatic heterocycles. The fourth-order valence-electron chi connectivity index (χ4n) is 2.50. The highest BCUT2D eigenvalue weighted by Crippen LogP contribution is 2.34. The quantitative estimate of drug-likeness (QED) is 0.0953. The van der Waals surface area contributed by atoms with Crippen molar-refractivity contribution in [2.75, 3.05) is 47.8 Å². The lowest BCUT2D eigenvalue weighted by Crippen LogP contribution is -2.10. The molecule has 3 rings (SSSR count). The number of hydrogen-bond acceptors (Lipinski definition) is 13. The van der Waals surface area contributed by atoms with E-state index >= 15 is 0 Å². The zero-order valence-corrected chi connectivity index (χ0v) is 21.4. The third-order valence-corrected chi connectivity index (χ3v) is 6.52. The molecule has 0 radical (unpaired) electrons. The number of anilines is 6. The summed E-state index contributed by atoms with van der Waals surface area (Å²) in [6, 6.07) is 11.5. The highest BCUT2D eigenvalue weighted by Gasteiger charge is 2.19. The van der Waals surface area contributed by atoms with Crippen LogP contribution in [0.15, 0.2) is 58.3 Å². The maximum Gasteiger partial charge on any atom is 0.339 e. The number of nitrogens with two attached hydrogens (primary N) is 6. The standard InChI is InChI=1S/C8H9NO2.C7H9NO3S.C6H10N4O3S/c1-11-8(10)6-4-2-3-5-7(6)9;1-12(10,11)5-2-3-7(9)6(8)4-5;7-2-1-3(14(11,12)13)5(9)6(10)4(2)8/h2-5H,9H2,1H3;2-4,9H,8H2,1H3;1H,7-10H2,(H,11,12,13). The fourth-order valence-corrected chi connectivity index (χ4v) is 3.82. The molecule has 0 aliphatic carbocycles. The molecule has 37 heavy (non-hydrogen) atoms. The topological polar surface area (TPSA) is 291 Å². The van der Waals surface area contributed by atoms with Crippen LogP contribution in [0.2, 0.25) is 0 Å². The third kappa shape index (κ3) is 8.34. The Morgan fingerprint density at radius 2 is 1.35 bits per heavy atom. The molecular weight excluding hydrogens is 528 g/mol. The Hall–Kier alpha value is -4.41. The Bertz CT molecular complexity index is 1510. The second-order valence-electron chi connectivity index (χ2n) is 7.25. The van der Waals surface area contributed by atoms with Crippen molar-refractivity contribution in [2.45, 2.75) is 9.79 Å². The van der Waals surface area contributed by atoms with E-state index in [0.29, 0.717) is 11.3 Å². The molecule has 0 aliphatic heterocycles. The summed E-state index contributed by atoms with van der Waals surface area (Å²) < 4.78 is 56.8. The molecule has 0 aliphatic rings. The Kier molecular flexibility index (Phi) is 9.95. The van der Waals surface area contributed by atoms with Crippen LogP contribution in [0.4, 0.5) is 34.1 Å². The number of methoxy groups -OCH3 is 1. The van der Waals surface area contributed by atoms with Crippen LogP contribution < -0.4 is 34.4 Å². The Balaban J connectivity index is 0.000000280. The number of carbonyl (C=O) groups excluding carboxylic acids is 1. The van der Waals surface area contributed by atoms with Gasteiger partial charge in [-0.2, -0.15) is 8.42 Å². The summed E-state index contributed by atoms with van der Waals surface area (Å²) in [5.41, 5.74) is 32.7. The van der Waals surface area contributed by atoms with Gasteiger partial charge in [0.05, 0.1) is 46.0 Å². The first-order chi connectivity index (χ1) is 16.9. The molecule has 0 heterocycles. The number of ether oxygens (including phenoxy) is 1. The van der Waals surface area contributed by atoms with Gasteiger partial charge in [-0.1, -0.05) is 12.1 Å². The number of benzene rings is 3. The van der Waals surface area contributed by atoms with Gasteiger partial charge in [-0.15, -0.1) is 0 Å². The number of esters is 1. The molecule has 0 saturated carbocycles. The number of aromatic hydroxyl groups is 1. The van der Waals surface area contributed by atoms with E-state index in [9.17, 15) is 21.6 Å². The van der Waals surface area contributed by atoms with E-state index in [4.69, 9.17) is 44.1 Å². The Morgan fingerprint density at radius 1 is 0.784 bits per heavy atom. The van der Waals surface area contributed by atoms with Crippen LogP contribution in [0.25, 0.3) is 0 Å². The van der Waals surface area contributed by atoms with Crippen molar-refractivity contribution < 1.29 is 36.0 Å². The number of nitrogen functional groups attached to an aromatic ring is 6. The molecule has 0 saturated heterocycles. The number of carbonyl (C=O) groups is 1. The van der Waals surface area contributed by atoms with Crippen LogP contribution in [0.3, 0.4) is 0 Å². The predicted octanol–water partition coefficient (Wildman–Crippen LogP) is 0.695. The second kappa shape index (κ2) is 12.0. The molecule has 0 atom stereocenters. The zero-order chi connectivity index (χ0) is 28.7. The largest absolute Gasteiger partial charge is 0.506 e. The average molecular weight is 557 g/mol. The van der Waals surface area contributed by atoms with Crippen LogP contribution >= 0.6 is 0 Å². The van der Waals surface area contributed by atoms with E-state index in [2.05, 4.69) is 4.74 Å². The fraction of sp³-hybridized carbons (Fsp3) is 0.0952. The van der Waals surface area contributed by atoms with Gasteiger partial charge in [0.25, 0.3) is 10.1 Å². The first kappa shape index (κ1) is 30.6. The van der Waals surface area contributed by atoms with Gasteiger partial charge in [-0.3, -0.25) is 4.55 Å². The van der Waals surface area contributed by atoms with Crippen molar-refractivity contribution in [2.24, 2.45) is 0 Å². The molecule has 16 heteroatoms. The van der Waals surface area contributed by atoms with E-state index in [-0.39, 0.29) is 39.1 Å². The molecule has 14 N–H and O–H groups in total. The van der Waals surface area contributed by atoms with Crippen molar-refractivity contribution in [3.8, 4) is 5.75 Å². The van der Waals surface area contributed by atoms with Crippen LogP contribution in [-0.4, -0.2) is 45.8 Å². The monoisotopic (exact) mass is 556 g/mol. The second-order valence-corrected chi connectivity index (χ2v) is 10.7. The van der Waals surface area contributed by atoms with Gasteiger partial charge in [0.15, 0.2) is 9.84 Å². The molecule has 0 amide bonds. The third-order valence-electron chi connectivity index (χ3n) is 4.51. The van der Waals surface area contributed by atoms with Crippen molar-refractivity contribution in [1.82, 2.24) is 0 Å². The maximum absolute atomic E-state index is 11.0. The lowest BCUT2D eigenvalue weighted by molar-refractivity contribution is 0.0602. The van der Waals surface area contributed by atoms with Gasteiger partial charge in [-0.05, 0) is 36.4 Å². The first-order valence-electron chi connectivity index (χ1n) is 9.83. The van der Waals surface area contributed by atoms with Crippen molar-refractivity contribution in [1.29, 1.82) is 0 Å². The van der Waals surface area contributed by atoms with Gasteiger partial charge in [-0.25, -0.2) is 13.2 Å². The Labute approximate surface area is 213 Å². The van der Waals surface area contributed by atoms with E-state index < -0.39 is 30.8 Å². The number of hydrogen-bond donors (Lipinski definition) is 8. The minimum absolute atomic E-state index is 0.00472. The first-order valence-corrected chi connectivity index (χ1v) is 13.2. The van der Waals surface area contributed by atoms with Gasteiger partial charge in [0.2, 0.25) is 0 Å². The van der Waals surface area contributed by atoms with E-state index in [0.717, 1.165) is 12.3 Å². The summed E-state index contributed by atoms with van der Waals surface area (Å²) in [7, 11) is -6.34. The normalized spacial score (nSPS) is 10.8. The van der Waals surface area contributed by atoms with Crippen LogP contribution in [0, 0.1) is 0 Å². The number of phenolic OH excluding ortho intramolecular Hbond substituents is 1. The summed E-state index contributed by atoms with van der Waals surface area (Å²) in [5, 5.41) is 8.99. The maximum atomic E-state index is 11.0. The highest BCUT2D eigenvalue weighted by molar-refractivity contribution is 7.90. The molecule has 0 unspecified atom stereocenters. The van der Waals surface area contributed by atoms with Gasteiger partial charge < -0.3 is 44.2 Å². The average Bonchev–Trinajstić information content (AvgIpc) is 2.81. The smallest absolute Gasteiger partial charge is 0.339 e. The molecule has 3 aromatic carbocycles. The molecular formula is C21H28N6O8S2. The van der Waals surface area contributed by atoms with Gasteiger partial charge in [0, 0.05) is 11.9 Å². The molecule has 0 fully saturated rings. The number of rotatable bonds is 3. The number of sulfone groups is 1. The van der Waals surface area contributed by atoms with Crippen molar-refractivity contribution in [3.63, 3.8) is 0 Å². The molecule has 0 bridgehead atoms. The molecule has 14 nitrogen and oxygen atoms in total. The lowest BCUT2D eigenvalue weighted by atomic mass is 10.2. The van der Waals surface area contributed by atoms with E-state index in [1.54, 1.807) is 24.3 Å². The number of phenols is 1. The van der Waals surface area contributed by atoms with Crippen LogP contribution in [0.5, 0.6) is 5.75 Å². The van der Waals surface area contributed by atoms with Crippen LogP contribution in [0.1, 0.15) is 10.4 Å². The minimum Gasteiger partial charge on any atom is -0.506 e. The lowest BCUT2D eigenvalue weighted by Gasteiger charge is -2.10. The van der Waals surface area contributed by atoms with Gasteiger partial charge in [0.1, 0.15) is 10.6 Å².